The van der Waals surface area contributed by atoms with Gasteiger partial charge in [-0.3, -0.25) is 4.79 Å². The van der Waals surface area contributed by atoms with Gasteiger partial charge >= 0.3 is 5.97 Å². The van der Waals surface area contributed by atoms with Gasteiger partial charge in [0.15, 0.2) is 0 Å². The number of amides is 1. The number of imidazole rings is 1. The number of aromatic nitrogens is 2. The number of fused-ring (bicyclic) bond motifs is 1. The van der Waals surface area contributed by atoms with Crippen molar-refractivity contribution in [2.24, 2.45) is 5.73 Å². The van der Waals surface area contributed by atoms with Crippen molar-refractivity contribution >= 4 is 50.1 Å². The summed E-state index contributed by atoms with van der Waals surface area (Å²) in [6.45, 7) is 0.781. The molecule has 0 radical (unpaired) electrons. The molecule has 12 nitrogen and oxygen atoms in total. The molecule has 3 aromatic carbocycles. The Kier molecular flexibility index (Phi) is 7.56. The van der Waals surface area contributed by atoms with Crippen LogP contribution in [0.15, 0.2) is 77.7 Å². The Balaban J connectivity index is 1.17. The number of nitrogens with one attached hydrogen (secondary N) is 3. The number of aromatic amines is 1. The molecule has 0 aliphatic carbocycles. The second-order valence-corrected chi connectivity index (χ2v) is 12.2. The van der Waals surface area contributed by atoms with Gasteiger partial charge in [0.2, 0.25) is 20.7 Å². The molecule has 8 N–H and O–H groups in total. The summed E-state index contributed by atoms with van der Waals surface area (Å²) in [5.41, 5.74) is 14.9. The molecule has 1 aromatic heterocycles. The minimum Gasteiger partial charge on any atom is -0.479 e. The number of benzene rings is 3. The molecule has 1 amide bonds. The number of nitrogen functional groups attached to an aromatic ring is 1. The SMILES string of the molecule is Nc1ccc(S(=O)(=O)[C@@](N)(CNC(=O)c2ccc(N3CCC(Nc4nc5ccccc5[nH]4)CC3)cc2)C(=O)O)cc1. The van der Waals surface area contributed by atoms with E-state index < -0.39 is 33.1 Å². The summed E-state index contributed by atoms with van der Waals surface area (Å²) in [6.07, 6.45) is 1.80. The number of piperidine rings is 1. The lowest BCUT2D eigenvalue weighted by Gasteiger charge is -2.34. The quantitative estimate of drug-likeness (QED) is 0.160. The minimum atomic E-state index is -4.56. The van der Waals surface area contributed by atoms with E-state index in [1.54, 1.807) is 24.3 Å². The third kappa shape index (κ3) is 5.67. The zero-order valence-electron chi connectivity index (χ0n) is 22.1. The van der Waals surface area contributed by atoms with Crippen LogP contribution < -0.4 is 27.0 Å². The van der Waals surface area contributed by atoms with Crippen LogP contribution in [-0.4, -0.2) is 65.9 Å². The van der Waals surface area contributed by atoms with Crippen molar-refractivity contribution in [3.8, 4) is 0 Å². The Hall–Kier alpha value is -4.62. The topological polar surface area (TPSA) is 197 Å². The van der Waals surface area contributed by atoms with Crippen LogP contribution in [0, 0.1) is 0 Å². The van der Waals surface area contributed by atoms with Gasteiger partial charge in [0.05, 0.1) is 22.5 Å². The highest BCUT2D eigenvalue weighted by Crippen LogP contribution is 2.25. The van der Waals surface area contributed by atoms with E-state index in [1.165, 1.54) is 24.3 Å². The van der Waals surface area contributed by atoms with Gasteiger partial charge in [-0.25, -0.2) is 18.2 Å². The van der Waals surface area contributed by atoms with Crippen LogP contribution in [-0.2, 0) is 14.6 Å². The highest BCUT2D eigenvalue weighted by atomic mass is 32.2. The molecule has 1 aliphatic rings. The summed E-state index contributed by atoms with van der Waals surface area (Å²) in [4.78, 5) is 31.7. The van der Waals surface area contributed by atoms with E-state index in [2.05, 4.69) is 25.5 Å². The monoisotopic (exact) mass is 577 g/mol. The van der Waals surface area contributed by atoms with E-state index in [1.807, 2.05) is 24.3 Å². The number of nitrogens with two attached hydrogens (primary N) is 2. The second-order valence-electron chi connectivity index (χ2n) is 10.0. The van der Waals surface area contributed by atoms with Crippen molar-refractivity contribution in [3.05, 3.63) is 78.4 Å². The number of anilines is 3. The van der Waals surface area contributed by atoms with E-state index in [0.29, 0.717) is 5.69 Å². The van der Waals surface area contributed by atoms with E-state index in [0.717, 1.165) is 48.6 Å². The first kappa shape index (κ1) is 27.9. The molecule has 0 spiro atoms. The third-order valence-electron chi connectivity index (χ3n) is 7.26. The molecule has 2 heterocycles. The predicted octanol–water partition coefficient (Wildman–Crippen LogP) is 2.17. The lowest BCUT2D eigenvalue weighted by atomic mass is 10.0. The summed E-state index contributed by atoms with van der Waals surface area (Å²) < 4.78 is 26.1. The number of rotatable bonds is 9. The molecule has 1 fully saturated rings. The van der Waals surface area contributed by atoms with Gasteiger partial charge in [-0.15, -0.1) is 0 Å². The van der Waals surface area contributed by atoms with E-state index in [9.17, 15) is 23.1 Å². The Morgan fingerprint density at radius 2 is 1.68 bits per heavy atom. The second kappa shape index (κ2) is 11.1. The first-order chi connectivity index (χ1) is 19.6. The molecule has 0 bridgehead atoms. The molecular formula is C28H31N7O5S. The highest BCUT2D eigenvalue weighted by Gasteiger charge is 2.49. The number of hydrogen-bond acceptors (Lipinski definition) is 9. The van der Waals surface area contributed by atoms with Gasteiger partial charge in [-0.05, 0) is 73.5 Å². The molecule has 1 saturated heterocycles. The number of H-pyrrole nitrogens is 1. The zero-order chi connectivity index (χ0) is 29.2. The largest absolute Gasteiger partial charge is 0.479 e. The van der Waals surface area contributed by atoms with E-state index in [4.69, 9.17) is 11.5 Å². The smallest absolute Gasteiger partial charge is 0.341 e. The number of para-hydroxylation sites is 2. The highest BCUT2D eigenvalue weighted by molar-refractivity contribution is 7.93. The zero-order valence-corrected chi connectivity index (χ0v) is 22.9. The first-order valence-corrected chi connectivity index (χ1v) is 14.5. The number of carbonyl (C=O) groups excluding carboxylic acids is 1. The van der Waals surface area contributed by atoms with Crippen LogP contribution in [0.4, 0.5) is 17.3 Å². The van der Waals surface area contributed by atoms with Gasteiger partial charge in [0, 0.05) is 36.1 Å². The Morgan fingerprint density at radius 3 is 2.32 bits per heavy atom. The average Bonchev–Trinajstić information content (AvgIpc) is 3.38. The van der Waals surface area contributed by atoms with Gasteiger partial charge in [0.1, 0.15) is 0 Å². The summed E-state index contributed by atoms with van der Waals surface area (Å²) in [7, 11) is -4.56. The van der Waals surface area contributed by atoms with Crippen molar-refractivity contribution < 1.29 is 23.1 Å². The van der Waals surface area contributed by atoms with Gasteiger partial charge in [-0.2, -0.15) is 0 Å². The van der Waals surface area contributed by atoms with Crippen LogP contribution in [0.5, 0.6) is 0 Å². The molecule has 41 heavy (non-hydrogen) atoms. The number of carboxylic acids is 1. The Bertz CT molecular complexity index is 1630. The molecule has 4 aromatic rings. The lowest BCUT2D eigenvalue weighted by molar-refractivity contribution is -0.139. The fraction of sp³-hybridized carbons (Fsp3) is 0.250. The summed E-state index contributed by atoms with van der Waals surface area (Å²) in [6, 6.07) is 20.0. The van der Waals surface area contributed by atoms with Crippen molar-refractivity contribution in [3.63, 3.8) is 0 Å². The van der Waals surface area contributed by atoms with Crippen molar-refractivity contribution in [1.82, 2.24) is 15.3 Å². The van der Waals surface area contributed by atoms with Crippen LogP contribution >= 0.6 is 0 Å². The van der Waals surface area contributed by atoms with Crippen LogP contribution in [0.25, 0.3) is 11.0 Å². The van der Waals surface area contributed by atoms with E-state index in [-0.39, 0.29) is 16.5 Å². The number of carbonyl (C=O) groups is 2. The lowest BCUT2D eigenvalue weighted by Crippen LogP contribution is -2.61. The van der Waals surface area contributed by atoms with Gasteiger partial charge in [0.25, 0.3) is 5.91 Å². The molecule has 0 unspecified atom stereocenters. The van der Waals surface area contributed by atoms with Crippen molar-refractivity contribution in [2.45, 2.75) is 28.6 Å². The average molecular weight is 578 g/mol. The van der Waals surface area contributed by atoms with Gasteiger partial charge in [-0.1, -0.05) is 12.1 Å². The summed E-state index contributed by atoms with van der Waals surface area (Å²) in [5, 5.41) is 15.5. The first-order valence-electron chi connectivity index (χ1n) is 13.0. The number of aliphatic carboxylic acids is 1. The summed E-state index contributed by atoms with van der Waals surface area (Å²) >= 11 is 0. The fourth-order valence-corrected chi connectivity index (χ4v) is 6.18. The maximum atomic E-state index is 13.0. The normalized spacial score (nSPS) is 15.8. The third-order valence-corrected chi connectivity index (χ3v) is 9.43. The molecule has 1 atom stereocenters. The van der Waals surface area contributed by atoms with E-state index >= 15 is 0 Å². The van der Waals surface area contributed by atoms with Crippen LogP contribution in [0.1, 0.15) is 23.2 Å². The van der Waals surface area contributed by atoms with Gasteiger partial charge < -0.3 is 37.1 Å². The number of nitrogens with zero attached hydrogens (tertiary/aromatic N) is 2. The van der Waals surface area contributed by atoms with Crippen LogP contribution in [0.2, 0.25) is 0 Å². The number of hydrogen-bond donors (Lipinski definition) is 6. The number of carboxylic acid groups (broad SMARTS) is 1. The Labute approximate surface area is 236 Å². The van der Waals surface area contributed by atoms with Crippen molar-refractivity contribution in [1.29, 1.82) is 0 Å². The standard InChI is InChI=1S/C28H31N7O5S/c29-19-7-11-22(12-8-19)41(39,40)28(30,26(37)38)17-31-25(36)18-5-9-21(10-6-18)35-15-13-20(14-16-35)32-27-33-23-3-1-2-4-24(23)34-27/h1-12,20H,13-17,29-30H2,(H,31,36)(H,37,38)(H2,32,33,34)/t28-/m0/s1. The molecule has 1 aliphatic heterocycles. The van der Waals surface area contributed by atoms with Crippen molar-refractivity contribution in [2.75, 3.05) is 35.6 Å². The van der Waals surface area contributed by atoms with Crippen LogP contribution in [0.3, 0.4) is 0 Å². The molecule has 0 saturated carbocycles. The minimum absolute atomic E-state index is 0.243. The molecule has 214 valence electrons. The number of sulfone groups is 1. The maximum Gasteiger partial charge on any atom is 0.341 e. The predicted molar refractivity (Wildman–Crippen MR) is 156 cm³/mol. The maximum absolute atomic E-state index is 13.0. The summed E-state index contributed by atoms with van der Waals surface area (Å²) in [5.74, 6) is -1.68. The molecule has 5 rings (SSSR count). The molecule has 13 heteroatoms. The Morgan fingerprint density at radius 1 is 1.02 bits per heavy atom. The fourth-order valence-electron chi connectivity index (χ4n) is 4.78. The molecular weight excluding hydrogens is 546 g/mol.